The number of rotatable bonds is 3. The molecule has 1 heterocycles. The van der Waals surface area contributed by atoms with E-state index < -0.39 is 0 Å². The molecule has 0 spiro atoms. The molecule has 0 unspecified atom stereocenters. The summed E-state index contributed by atoms with van der Waals surface area (Å²) < 4.78 is 0. The molecular weight excluding hydrogens is 202 g/mol. The van der Waals surface area contributed by atoms with E-state index in [9.17, 15) is 4.79 Å². The van der Waals surface area contributed by atoms with Gasteiger partial charge in [-0.25, -0.2) is 4.98 Å². The molecule has 1 aromatic heterocycles. The lowest BCUT2D eigenvalue weighted by Crippen LogP contribution is -2.08. The van der Waals surface area contributed by atoms with Gasteiger partial charge in [0.25, 0.3) is 5.56 Å². The Morgan fingerprint density at radius 1 is 1.31 bits per heavy atom. The van der Waals surface area contributed by atoms with Crippen LogP contribution in [0.15, 0.2) is 41.3 Å². The maximum absolute atomic E-state index is 11.1. The lowest BCUT2D eigenvalue weighted by molar-refractivity contribution is 1.10. The monoisotopic (exact) mass is 215 g/mol. The van der Waals surface area contributed by atoms with Crippen molar-refractivity contribution in [2.24, 2.45) is 0 Å². The van der Waals surface area contributed by atoms with Crippen LogP contribution in [0.2, 0.25) is 0 Å². The summed E-state index contributed by atoms with van der Waals surface area (Å²) in [4.78, 5) is 17.8. The lowest BCUT2D eigenvalue weighted by atomic mass is 10.1. The average molecular weight is 215 g/mol. The molecule has 16 heavy (non-hydrogen) atoms. The summed E-state index contributed by atoms with van der Waals surface area (Å²) in [6.07, 6.45) is 2.41. The van der Waals surface area contributed by atoms with Crippen LogP contribution in [-0.4, -0.2) is 9.97 Å². The first-order valence-electron chi connectivity index (χ1n) is 5.20. The van der Waals surface area contributed by atoms with Crippen LogP contribution in [0.4, 0.5) is 11.6 Å². The molecule has 0 amide bonds. The van der Waals surface area contributed by atoms with Gasteiger partial charge in [0, 0.05) is 18.0 Å². The van der Waals surface area contributed by atoms with Crippen LogP contribution < -0.4 is 10.9 Å². The molecule has 2 N–H and O–H groups in total. The molecule has 0 aliphatic carbocycles. The number of aromatic amines is 1. The Balaban J connectivity index is 2.30. The Hall–Kier alpha value is -2.10. The first-order chi connectivity index (χ1) is 7.79. The van der Waals surface area contributed by atoms with Gasteiger partial charge in [0.2, 0.25) is 5.95 Å². The van der Waals surface area contributed by atoms with Crippen molar-refractivity contribution in [3.8, 4) is 0 Å². The fourth-order valence-electron chi connectivity index (χ4n) is 1.51. The largest absolute Gasteiger partial charge is 0.325 e. The van der Waals surface area contributed by atoms with Crippen LogP contribution in [0, 0.1) is 0 Å². The molecule has 4 heteroatoms. The minimum atomic E-state index is -0.161. The van der Waals surface area contributed by atoms with Gasteiger partial charge < -0.3 is 5.32 Å². The molecule has 0 bridgehead atoms. The fraction of sp³-hybridized carbons (Fsp3) is 0.167. The highest BCUT2D eigenvalue weighted by Gasteiger charge is 2.00. The number of para-hydroxylation sites is 1. The normalized spacial score (nSPS) is 10.1. The molecule has 0 radical (unpaired) electrons. The van der Waals surface area contributed by atoms with Crippen molar-refractivity contribution < 1.29 is 0 Å². The van der Waals surface area contributed by atoms with E-state index in [1.54, 1.807) is 0 Å². The minimum absolute atomic E-state index is 0.161. The molecule has 0 atom stereocenters. The van der Waals surface area contributed by atoms with Gasteiger partial charge in [0.05, 0.1) is 0 Å². The summed E-state index contributed by atoms with van der Waals surface area (Å²) in [6.45, 7) is 2.08. The van der Waals surface area contributed by atoms with Crippen molar-refractivity contribution in [3.05, 3.63) is 52.4 Å². The van der Waals surface area contributed by atoms with E-state index in [-0.39, 0.29) is 5.56 Å². The first-order valence-corrected chi connectivity index (χ1v) is 5.20. The van der Waals surface area contributed by atoms with Gasteiger partial charge in [-0.15, -0.1) is 0 Å². The van der Waals surface area contributed by atoms with Crippen molar-refractivity contribution in [3.63, 3.8) is 0 Å². The van der Waals surface area contributed by atoms with E-state index in [1.807, 2.05) is 24.3 Å². The van der Waals surface area contributed by atoms with Crippen molar-refractivity contribution in [1.82, 2.24) is 9.97 Å². The summed E-state index contributed by atoms with van der Waals surface area (Å²) in [7, 11) is 0. The molecule has 0 aliphatic rings. The predicted octanol–water partition coefficient (Wildman–Crippen LogP) is 2.08. The third-order valence-corrected chi connectivity index (χ3v) is 2.32. The first kappa shape index (κ1) is 10.4. The number of nitrogens with one attached hydrogen (secondary N) is 2. The maximum Gasteiger partial charge on any atom is 0.252 e. The van der Waals surface area contributed by atoms with E-state index in [2.05, 4.69) is 22.2 Å². The number of hydrogen-bond acceptors (Lipinski definition) is 3. The molecule has 1 aromatic carbocycles. The topological polar surface area (TPSA) is 57.8 Å². The predicted molar refractivity (Wildman–Crippen MR) is 64.0 cm³/mol. The van der Waals surface area contributed by atoms with Gasteiger partial charge in [-0.2, -0.15) is 0 Å². The molecule has 0 fully saturated rings. The molecule has 2 rings (SSSR count). The zero-order valence-corrected chi connectivity index (χ0v) is 9.03. The quantitative estimate of drug-likeness (QED) is 0.824. The van der Waals surface area contributed by atoms with Gasteiger partial charge in [0.1, 0.15) is 0 Å². The Bertz CT molecular complexity index is 534. The summed E-state index contributed by atoms with van der Waals surface area (Å²) in [5.41, 5.74) is 2.00. The van der Waals surface area contributed by atoms with Crippen LogP contribution in [0.5, 0.6) is 0 Å². The van der Waals surface area contributed by atoms with Crippen molar-refractivity contribution in [1.29, 1.82) is 0 Å². The zero-order valence-electron chi connectivity index (χ0n) is 9.03. The number of aromatic nitrogens is 2. The number of anilines is 2. The van der Waals surface area contributed by atoms with Gasteiger partial charge in [0.15, 0.2) is 0 Å². The second-order valence-corrected chi connectivity index (χ2v) is 3.42. The van der Waals surface area contributed by atoms with Crippen LogP contribution in [0.1, 0.15) is 12.5 Å². The van der Waals surface area contributed by atoms with E-state index >= 15 is 0 Å². The number of aryl methyl sites for hydroxylation is 1. The Labute approximate surface area is 93.4 Å². The highest BCUT2D eigenvalue weighted by atomic mass is 16.1. The third kappa shape index (κ3) is 2.28. The highest BCUT2D eigenvalue weighted by molar-refractivity contribution is 5.58. The van der Waals surface area contributed by atoms with Crippen molar-refractivity contribution in [2.75, 3.05) is 5.32 Å². The van der Waals surface area contributed by atoms with Crippen LogP contribution in [-0.2, 0) is 6.42 Å². The van der Waals surface area contributed by atoms with E-state index in [0.29, 0.717) is 5.95 Å². The van der Waals surface area contributed by atoms with Crippen molar-refractivity contribution >= 4 is 11.6 Å². The Kier molecular flexibility index (Phi) is 3.00. The number of benzene rings is 1. The molecule has 0 saturated carbocycles. The van der Waals surface area contributed by atoms with Crippen LogP contribution in [0.3, 0.4) is 0 Å². The summed E-state index contributed by atoms with van der Waals surface area (Å²) >= 11 is 0. The average Bonchev–Trinajstić information content (AvgIpc) is 2.30. The molecule has 0 saturated heterocycles. The van der Waals surface area contributed by atoms with Gasteiger partial charge >= 0.3 is 0 Å². The second-order valence-electron chi connectivity index (χ2n) is 3.42. The van der Waals surface area contributed by atoms with Gasteiger partial charge in [-0.3, -0.25) is 9.78 Å². The van der Waals surface area contributed by atoms with Crippen LogP contribution in [0.25, 0.3) is 0 Å². The van der Waals surface area contributed by atoms with E-state index in [4.69, 9.17) is 0 Å². The molecule has 4 nitrogen and oxygen atoms in total. The van der Waals surface area contributed by atoms with Gasteiger partial charge in [-0.05, 0) is 18.1 Å². The standard InChI is InChI=1S/C12H13N3O/c1-2-9-5-3-4-6-10(9)14-12-13-8-7-11(16)15-12/h3-8H,2H2,1H3,(H2,13,14,15,16). The third-order valence-electron chi connectivity index (χ3n) is 2.32. The minimum Gasteiger partial charge on any atom is -0.325 e. The molecule has 0 aliphatic heterocycles. The summed E-state index contributed by atoms with van der Waals surface area (Å²) in [5, 5.41) is 3.10. The highest BCUT2D eigenvalue weighted by Crippen LogP contribution is 2.17. The fourth-order valence-corrected chi connectivity index (χ4v) is 1.51. The summed E-state index contributed by atoms with van der Waals surface area (Å²) in [5.74, 6) is 0.466. The number of H-pyrrole nitrogens is 1. The Morgan fingerprint density at radius 3 is 2.88 bits per heavy atom. The smallest absolute Gasteiger partial charge is 0.252 e. The SMILES string of the molecule is CCc1ccccc1Nc1nccc(=O)[nH]1. The zero-order chi connectivity index (χ0) is 11.4. The van der Waals surface area contributed by atoms with E-state index in [0.717, 1.165) is 12.1 Å². The van der Waals surface area contributed by atoms with Crippen LogP contribution >= 0.6 is 0 Å². The van der Waals surface area contributed by atoms with Crippen molar-refractivity contribution in [2.45, 2.75) is 13.3 Å². The number of hydrogen-bond donors (Lipinski definition) is 2. The molecule has 2 aromatic rings. The maximum atomic E-state index is 11.1. The molecule has 82 valence electrons. The number of nitrogens with zero attached hydrogens (tertiary/aromatic N) is 1. The summed E-state index contributed by atoms with van der Waals surface area (Å²) in [6, 6.07) is 9.33. The molecular formula is C12H13N3O. The Morgan fingerprint density at radius 2 is 2.12 bits per heavy atom. The van der Waals surface area contributed by atoms with E-state index in [1.165, 1.54) is 17.8 Å². The second kappa shape index (κ2) is 4.61. The van der Waals surface area contributed by atoms with Gasteiger partial charge in [-0.1, -0.05) is 25.1 Å². The lowest BCUT2D eigenvalue weighted by Gasteiger charge is -2.08.